The van der Waals surface area contributed by atoms with Gasteiger partial charge < -0.3 is 5.32 Å². The Morgan fingerprint density at radius 2 is 1.88 bits per heavy atom. The van der Waals surface area contributed by atoms with Crippen molar-refractivity contribution in [3.05, 3.63) is 68.1 Å². The van der Waals surface area contributed by atoms with Gasteiger partial charge in [0.05, 0.1) is 10.0 Å². The van der Waals surface area contributed by atoms with Crippen LogP contribution in [0, 0.1) is 6.92 Å². The van der Waals surface area contributed by atoms with Crippen molar-refractivity contribution < 1.29 is 4.79 Å². The second kappa shape index (κ2) is 8.17. The highest BCUT2D eigenvalue weighted by Gasteiger charge is 2.10. The van der Waals surface area contributed by atoms with E-state index in [-0.39, 0.29) is 5.91 Å². The molecule has 4 nitrogen and oxygen atoms in total. The molecule has 1 amide bonds. The van der Waals surface area contributed by atoms with Gasteiger partial charge in [-0.1, -0.05) is 30.3 Å². The van der Waals surface area contributed by atoms with Gasteiger partial charge in [0, 0.05) is 35.8 Å². The number of aryl methyl sites for hydroxylation is 2. The second-order valence-corrected chi connectivity index (χ2v) is 7.42. The highest BCUT2D eigenvalue weighted by molar-refractivity contribution is 7.10. The Morgan fingerprint density at radius 1 is 1.08 bits per heavy atom. The molecule has 2 heterocycles. The maximum Gasteiger partial charge on any atom is 0.270 e. The minimum atomic E-state index is -0.0964. The Morgan fingerprint density at radius 3 is 2.62 bits per heavy atom. The fourth-order valence-electron chi connectivity index (χ4n) is 2.32. The molecule has 3 rings (SSSR count). The Kier molecular flexibility index (Phi) is 5.72. The number of thiazole rings is 2. The smallest absolute Gasteiger partial charge is 0.270 e. The molecule has 0 radical (unpaired) electrons. The Labute approximate surface area is 149 Å². The molecule has 0 fully saturated rings. The number of rotatable bonds is 7. The maximum atomic E-state index is 12.1. The third-order valence-electron chi connectivity index (χ3n) is 3.50. The molecular formula is C18H19N3OS2. The largest absolute Gasteiger partial charge is 0.351 e. The molecule has 0 aliphatic rings. The van der Waals surface area contributed by atoms with Crippen molar-refractivity contribution in [2.24, 2.45) is 0 Å². The molecule has 0 saturated carbocycles. The van der Waals surface area contributed by atoms with Crippen LogP contribution < -0.4 is 5.32 Å². The minimum Gasteiger partial charge on any atom is -0.351 e. The van der Waals surface area contributed by atoms with Crippen molar-refractivity contribution in [3.8, 4) is 0 Å². The van der Waals surface area contributed by atoms with Crippen molar-refractivity contribution in [3.63, 3.8) is 0 Å². The molecule has 6 heteroatoms. The van der Waals surface area contributed by atoms with Crippen LogP contribution in [0.15, 0.2) is 41.1 Å². The van der Waals surface area contributed by atoms with Gasteiger partial charge in [-0.15, -0.1) is 22.7 Å². The number of aromatic nitrogens is 2. The number of hydrogen-bond donors (Lipinski definition) is 1. The Hall–Kier alpha value is -2.05. The number of amides is 1. The second-order valence-electron chi connectivity index (χ2n) is 5.53. The predicted molar refractivity (Wildman–Crippen MR) is 98.9 cm³/mol. The molecular weight excluding hydrogens is 338 g/mol. The summed E-state index contributed by atoms with van der Waals surface area (Å²) in [7, 11) is 0. The number of nitrogens with one attached hydrogen (secondary N) is 1. The van der Waals surface area contributed by atoms with Gasteiger partial charge >= 0.3 is 0 Å². The van der Waals surface area contributed by atoms with Crippen molar-refractivity contribution >= 4 is 28.6 Å². The molecule has 2 aromatic heterocycles. The molecule has 1 N–H and O–H groups in total. The van der Waals surface area contributed by atoms with Gasteiger partial charge in [0.25, 0.3) is 5.91 Å². The first-order valence-corrected chi connectivity index (χ1v) is 9.64. The number of benzene rings is 1. The van der Waals surface area contributed by atoms with Gasteiger partial charge in [-0.2, -0.15) is 0 Å². The van der Waals surface area contributed by atoms with Gasteiger partial charge in [-0.3, -0.25) is 4.79 Å². The highest BCUT2D eigenvalue weighted by atomic mass is 32.1. The molecule has 0 aliphatic heterocycles. The third kappa shape index (κ3) is 4.72. The lowest BCUT2D eigenvalue weighted by molar-refractivity contribution is 0.0949. The van der Waals surface area contributed by atoms with Crippen molar-refractivity contribution in [2.45, 2.75) is 26.2 Å². The molecule has 124 valence electrons. The van der Waals surface area contributed by atoms with E-state index in [0.29, 0.717) is 12.2 Å². The van der Waals surface area contributed by atoms with E-state index in [1.165, 1.54) is 16.9 Å². The van der Waals surface area contributed by atoms with Crippen LogP contribution in [0.25, 0.3) is 0 Å². The summed E-state index contributed by atoms with van der Waals surface area (Å²) in [4.78, 5) is 21.0. The van der Waals surface area contributed by atoms with E-state index in [0.717, 1.165) is 35.0 Å². The number of hydrogen-bond acceptors (Lipinski definition) is 5. The van der Waals surface area contributed by atoms with Crippen LogP contribution in [0.5, 0.6) is 0 Å². The molecule has 1 aromatic carbocycles. The van der Waals surface area contributed by atoms with E-state index in [2.05, 4.69) is 32.8 Å². The standard InChI is InChI=1S/C18H19N3OS2/c1-13-11-23-16(20-13)8-5-9-19-18(22)15-12-24-17(21-15)10-14-6-3-2-4-7-14/h2-4,6-7,11-12H,5,8-10H2,1H3,(H,19,22). The molecule has 24 heavy (non-hydrogen) atoms. The maximum absolute atomic E-state index is 12.1. The number of nitrogens with zero attached hydrogens (tertiary/aromatic N) is 2. The number of carbonyl (C=O) groups is 1. The lowest BCUT2D eigenvalue weighted by Crippen LogP contribution is -2.25. The van der Waals surface area contributed by atoms with E-state index in [4.69, 9.17) is 0 Å². The van der Waals surface area contributed by atoms with Crippen LogP contribution in [0.1, 0.15) is 38.2 Å². The summed E-state index contributed by atoms with van der Waals surface area (Å²) < 4.78 is 0. The van der Waals surface area contributed by atoms with E-state index >= 15 is 0 Å². The van der Waals surface area contributed by atoms with Crippen LogP contribution in [-0.4, -0.2) is 22.4 Å². The van der Waals surface area contributed by atoms with E-state index in [1.807, 2.05) is 30.5 Å². The van der Waals surface area contributed by atoms with E-state index < -0.39 is 0 Å². The first kappa shape index (κ1) is 16.8. The fraction of sp³-hybridized carbons (Fsp3) is 0.278. The SMILES string of the molecule is Cc1csc(CCCNC(=O)c2csc(Cc3ccccc3)n2)n1. The van der Waals surface area contributed by atoms with Gasteiger partial charge in [0.1, 0.15) is 5.69 Å². The summed E-state index contributed by atoms with van der Waals surface area (Å²) in [5.74, 6) is -0.0964. The molecule has 0 atom stereocenters. The topological polar surface area (TPSA) is 54.9 Å². The highest BCUT2D eigenvalue weighted by Crippen LogP contribution is 2.15. The van der Waals surface area contributed by atoms with Crippen LogP contribution in [0.3, 0.4) is 0 Å². The van der Waals surface area contributed by atoms with E-state index in [1.54, 1.807) is 11.3 Å². The van der Waals surface area contributed by atoms with Gasteiger partial charge in [0.15, 0.2) is 0 Å². The van der Waals surface area contributed by atoms with Gasteiger partial charge in [0.2, 0.25) is 0 Å². The summed E-state index contributed by atoms with van der Waals surface area (Å²) in [5, 5.41) is 8.91. The van der Waals surface area contributed by atoms with Gasteiger partial charge in [-0.05, 0) is 18.9 Å². The lowest BCUT2D eigenvalue weighted by Gasteiger charge is -2.02. The average Bonchev–Trinajstić information content (AvgIpc) is 3.21. The summed E-state index contributed by atoms with van der Waals surface area (Å²) in [6.07, 6.45) is 2.55. The monoisotopic (exact) mass is 357 g/mol. The molecule has 0 unspecified atom stereocenters. The lowest BCUT2D eigenvalue weighted by atomic mass is 10.2. The quantitative estimate of drug-likeness (QED) is 0.653. The van der Waals surface area contributed by atoms with E-state index in [9.17, 15) is 4.79 Å². The van der Waals surface area contributed by atoms with Crippen molar-refractivity contribution in [1.29, 1.82) is 0 Å². The normalized spacial score (nSPS) is 10.7. The molecule has 0 saturated heterocycles. The molecule has 0 spiro atoms. The summed E-state index contributed by atoms with van der Waals surface area (Å²) in [5.41, 5.74) is 2.78. The van der Waals surface area contributed by atoms with Gasteiger partial charge in [-0.25, -0.2) is 9.97 Å². The zero-order valence-electron chi connectivity index (χ0n) is 13.5. The summed E-state index contributed by atoms with van der Waals surface area (Å²) >= 11 is 3.21. The molecule has 0 bridgehead atoms. The Balaban J connectivity index is 1.45. The van der Waals surface area contributed by atoms with Crippen LogP contribution in [0.4, 0.5) is 0 Å². The summed E-state index contributed by atoms with van der Waals surface area (Å²) in [6.45, 7) is 2.64. The zero-order valence-corrected chi connectivity index (χ0v) is 15.1. The zero-order chi connectivity index (χ0) is 16.8. The minimum absolute atomic E-state index is 0.0964. The Bertz CT molecular complexity index is 795. The predicted octanol–water partition coefficient (Wildman–Crippen LogP) is 3.86. The molecule has 3 aromatic rings. The first-order valence-electron chi connectivity index (χ1n) is 7.88. The van der Waals surface area contributed by atoms with Crippen LogP contribution in [0.2, 0.25) is 0 Å². The summed E-state index contributed by atoms with van der Waals surface area (Å²) in [6, 6.07) is 10.2. The van der Waals surface area contributed by atoms with Crippen LogP contribution >= 0.6 is 22.7 Å². The third-order valence-corrected chi connectivity index (χ3v) is 5.38. The van der Waals surface area contributed by atoms with Crippen molar-refractivity contribution in [2.75, 3.05) is 6.54 Å². The fourth-order valence-corrected chi connectivity index (χ4v) is 3.94. The average molecular weight is 358 g/mol. The molecule has 0 aliphatic carbocycles. The van der Waals surface area contributed by atoms with Crippen molar-refractivity contribution in [1.82, 2.24) is 15.3 Å². The number of carbonyl (C=O) groups excluding carboxylic acids is 1. The van der Waals surface area contributed by atoms with Crippen LogP contribution in [-0.2, 0) is 12.8 Å². The first-order chi connectivity index (χ1) is 11.7.